The van der Waals surface area contributed by atoms with Gasteiger partial charge in [0.2, 0.25) is 0 Å². The van der Waals surface area contributed by atoms with Crippen LogP contribution in [0.15, 0.2) is 124 Å². The molecule has 1 aliphatic rings. The lowest BCUT2D eigenvalue weighted by Crippen LogP contribution is -2.40. The highest BCUT2D eigenvalue weighted by Gasteiger charge is 2.32. The number of rotatable bonds is 8. The van der Waals surface area contributed by atoms with Crippen molar-refractivity contribution in [3.8, 4) is 22.8 Å². The molecule has 0 radical (unpaired) electrons. The van der Waals surface area contributed by atoms with Crippen LogP contribution in [-0.2, 0) is 4.79 Å². The summed E-state index contributed by atoms with van der Waals surface area (Å²) in [7, 11) is 1.64. The van der Waals surface area contributed by atoms with Gasteiger partial charge in [0, 0.05) is 22.2 Å². The van der Waals surface area contributed by atoms with E-state index in [2.05, 4.69) is 10.3 Å². The molecular weight excluding hydrogens is 609 g/mol. The number of fused-ring (bicyclic) bond motifs is 2. The predicted molar refractivity (Wildman–Crippen MR) is 187 cm³/mol. The third-order valence-electron chi connectivity index (χ3n) is 8.19. The standard InChI is InChI=1S/C38H32N4O4S/c1-4-46-27-17-15-25(16-18-27)35-33(36(43)40-26-13-9-6-10-14-26)23(2)39-38-42(35)37(44)32(47-38)22-30-29-21-28(45-3)19-20-31(29)41-34(30)24-11-7-5-8-12-24/h5-22,35,41H,4H2,1-3H3,(H,40,43)/b32-22-/t35-/m0/s1. The summed E-state index contributed by atoms with van der Waals surface area (Å²) in [4.78, 5) is 37.3. The van der Waals surface area contributed by atoms with Crippen LogP contribution in [0.5, 0.6) is 11.5 Å². The lowest BCUT2D eigenvalue weighted by Gasteiger charge is -2.25. The average molecular weight is 641 g/mol. The fourth-order valence-electron chi connectivity index (χ4n) is 5.99. The zero-order valence-electron chi connectivity index (χ0n) is 26.1. The molecule has 4 aromatic carbocycles. The van der Waals surface area contributed by atoms with Crippen molar-refractivity contribution in [1.29, 1.82) is 0 Å². The van der Waals surface area contributed by atoms with Crippen LogP contribution >= 0.6 is 11.3 Å². The molecule has 9 heteroatoms. The number of aromatic nitrogens is 2. The first-order chi connectivity index (χ1) is 22.9. The Morgan fingerprint density at radius 2 is 1.68 bits per heavy atom. The molecule has 2 N–H and O–H groups in total. The minimum Gasteiger partial charge on any atom is -0.497 e. The number of ether oxygens (including phenoxy) is 2. The number of nitrogens with one attached hydrogen (secondary N) is 2. The highest BCUT2D eigenvalue weighted by atomic mass is 32.1. The molecule has 8 nitrogen and oxygen atoms in total. The maximum atomic E-state index is 14.5. The van der Waals surface area contributed by atoms with Crippen LogP contribution in [-0.4, -0.2) is 29.2 Å². The summed E-state index contributed by atoms with van der Waals surface area (Å²) in [6.07, 6.45) is 1.92. The number of carbonyl (C=O) groups is 1. The zero-order chi connectivity index (χ0) is 32.5. The number of methoxy groups -OCH3 is 1. The Morgan fingerprint density at radius 1 is 0.979 bits per heavy atom. The molecule has 234 valence electrons. The Hall–Kier alpha value is -5.67. The van der Waals surface area contributed by atoms with Crippen LogP contribution in [0.4, 0.5) is 5.69 Å². The van der Waals surface area contributed by atoms with Crippen LogP contribution < -0.4 is 29.7 Å². The lowest BCUT2D eigenvalue weighted by atomic mass is 9.95. The molecule has 1 atom stereocenters. The van der Waals surface area contributed by atoms with Crippen molar-refractivity contribution in [2.75, 3.05) is 19.0 Å². The van der Waals surface area contributed by atoms with Crippen LogP contribution in [0.1, 0.15) is 31.0 Å². The van der Waals surface area contributed by atoms with Crippen molar-refractivity contribution >= 4 is 39.9 Å². The molecule has 7 rings (SSSR count). The van der Waals surface area contributed by atoms with Crippen molar-refractivity contribution in [3.05, 3.63) is 145 Å². The van der Waals surface area contributed by atoms with E-state index in [-0.39, 0.29) is 11.5 Å². The third kappa shape index (κ3) is 5.66. The second-order valence-corrected chi connectivity index (χ2v) is 12.1. The lowest BCUT2D eigenvalue weighted by molar-refractivity contribution is -0.113. The second-order valence-electron chi connectivity index (χ2n) is 11.1. The Bertz CT molecular complexity index is 2320. The molecule has 3 heterocycles. The summed E-state index contributed by atoms with van der Waals surface area (Å²) in [6, 6.07) is 32.0. The van der Waals surface area contributed by atoms with Crippen molar-refractivity contribution in [1.82, 2.24) is 9.55 Å². The van der Waals surface area contributed by atoms with Gasteiger partial charge in [-0.2, -0.15) is 0 Å². The number of anilines is 1. The Balaban J connectivity index is 1.43. The van der Waals surface area contributed by atoms with Crippen LogP contribution in [0, 0.1) is 0 Å². The van der Waals surface area contributed by atoms with Gasteiger partial charge in [-0.25, -0.2) is 4.99 Å². The number of nitrogens with zero attached hydrogens (tertiary/aromatic N) is 2. The van der Waals surface area contributed by atoms with Crippen molar-refractivity contribution in [2.24, 2.45) is 4.99 Å². The largest absolute Gasteiger partial charge is 0.497 e. The molecule has 0 fully saturated rings. The number of benzene rings is 4. The minimum atomic E-state index is -0.704. The Kier molecular flexibility index (Phi) is 8.05. The maximum absolute atomic E-state index is 14.5. The van der Waals surface area contributed by atoms with Gasteiger partial charge in [-0.05, 0) is 73.5 Å². The second kappa shape index (κ2) is 12.6. The van der Waals surface area contributed by atoms with Crippen molar-refractivity contribution in [2.45, 2.75) is 19.9 Å². The Morgan fingerprint density at radius 3 is 2.38 bits per heavy atom. The number of carbonyl (C=O) groups excluding carboxylic acids is 1. The summed E-state index contributed by atoms with van der Waals surface area (Å²) < 4.78 is 13.4. The van der Waals surface area contributed by atoms with Crippen LogP contribution in [0.3, 0.4) is 0 Å². The molecule has 2 aromatic heterocycles. The van der Waals surface area contributed by atoms with E-state index in [1.165, 1.54) is 11.3 Å². The number of aromatic amines is 1. The van der Waals surface area contributed by atoms with Gasteiger partial charge in [0.15, 0.2) is 4.80 Å². The highest BCUT2D eigenvalue weighted by molar-refractivity contribution is 7.07. The van der Waals surface area contributed by atoms with Crippen molar-refractivity contribution in [3.63, 3.8) is 0 Å². The van der Waals surface area contributed by atoms with Gasteiger partial charge in [-0.3, -0.25) is 14.2 Å². The van der Waals surface area contributed by atoms with Gasteiger partial charge in [-0.15, -0.1) is 0 Å². The Labute approximate surface area is 275 Å². The monoisotopic (exact) mass is 640 g/mol. The number of hydrogen-bond acceptors (Lipinski definition) is 6. The molecular formula is C38H32N4O4S. The summed E-state index contributed by atoms with van der Waals surface area (Å²) in [5, 5.41) is 3.93. The first kappa shape index (κ1) is 30.0. The minimum absolute atomic E-state index is 0.235. The number of amides is 1. The van der Waals surface area contributed by atoms with E-state index in [1.807, 2.05) is 123 Å². The summed E-state index contributed by atoms with van der Waals surface area (Å²) in [5.74, 6) is 1.11. The quantitative estimate of drug-likeness (QED) is 0.200. The van der Waals surface area contributed by atoms with Gasteiger partial charge in [-0.1, -0.05) is 72.0 Å². The fourth-order valence-corrected chi connectivity index (χ4v) is 7.02. The van der Waals surface area contributed by atoms with Crippen LogP contribution in [0.25, 0.3) is 28.2 Å². The molecule has 0 saturated carbocycles. The first-order valence-corrected chi connectivity index (χ1v) is 16.1. The molecule has 1 amide bonds. The normalized spacial score (nSPS) is 14.5. The van der Waals surface area contributed by atoms with E-state index < -0.39 is 6.04 Å². The van der Waals surface area contributed by atoms with Crippen molar-refractivity contribution < 1.29 is 14.3 Å². The molecule has 47 heavy (non-hydrogen) atoms. The number of thiazole rings is 1. The number of H-pyrrole nitrogens is 1. The molecule has 0 aliphatic carbocycles. The molecule has 6 aromatic rings. The van der Waals surface area contributed by atoms with Gasteiger partial charge in [0.25, 0.3) is 11.5 Å². The van der Waals surface area contributed by atoms with E-state index in [1.54, 1.807) is 11.7 Å². The number of hydrogen-bond donors (Lipinski definition) is 2. The van der Waals surface area contributed by atoms with E-state index in [9.17, 15) is 9.59 Å². The van der Waals surface area contributed by atoms with Gasteiger partial charge >= 0.3 is 0 Å². The van der Waals surface area contributed by atoms with E-state index >= 15 is 0 Å². The molecule has 0 spiro atoms. The fraction of sp³-hybridized carbons (Fsp3) is 0.132. The van der Waals surface area contributed by atoms with Gasteiger partial charge in [0.1, 0.15) is 11.5 Å². The van der Waals surface area contributed by atoms with Gasteiger partial charge < -0.3 is 19.8 Å². The predicted octanol–water partition coefficient (Wildman–Crippen LogP) is 6.43. The number of allylic oxidation sites excluding steroid dienone is 1. The van der Waals surface area contributed by atoms with E-state index in [0.717, 1.165) is 33.3 Å². The topological polar surface area (TPSA) is 97.7 Å². The summed E-state index contributed by atoms with van der Waals surface area (Å²) in [6.45, 7) is 4.28. The van der Waals surface area contributed by atoms with Gasteiger partial charge in [0.05, 0.1) is 41.3 Å². The average Bonchev–Trinajstić information content (AvgIpc) is 3.61. The zero-order valence-corrected chi connectivity index (χ0v) is 26.9. The van der Waals surface area contributed by atoms with E-state index in [0.29, 0.717) is 44.4 Å². The summed E-state index contributed by atoms with van der Waals surface area (Å²) >= 11 is 1.31. The molecule has 0 bridgehead atoms. The highest BCUT2D eigenvalue weighted by Crippen LogP contribution is 2.34. The third-order valence-corrected chi connectivity index (χ3v) is 9.17. The molecule has 1 aliphatic heterocycles. The SMILES string of the molecule is CCOc1ccc([C@H]2C(C(=O)Nc3ccccc3)=C(C)N=c3s/c(=C\c4c(-c5ccccc5)[nH]c5ccc(OC)cc45)c(=O)n32)cc1. The smallest absolute Gasteiger partial charge is 0.271 e. The molecule has 0 saturated heterocycles. The van der Waals surface area contributed by atoms with Crippen LogP contribution in [0.2, 0.25) is 0 Å². The number of para-hydroxylation sites is 1. The van der Waals surface area contributed by atoms with E-state index in [4.69, 9.17) is 14.5 Å². The first-order valence-electron chi connectivity index (χ1n) is 15.3. The summed E-state index contributed by atoms with van der Waals surface area (Å²) in [5.41, 5.74) is 5.82. The maximum Gasteiger partial charge on any atom is 0.271 e. The molecule has 0 unspecified atom stereocenters.